The van der Waals surface area contributed by atoms with Crippen LogP contribution in [0.5, 0.6) is 5.75 Å². The van der Waals surface area contributed by atoms with E-state index in [1.54, 1.807) is 18.2 Å². The number of aromatic nitrogens is 2. The van der Waals surface area contributed by atoms with E-state index in [9.17, 15) is 4.79 Å². The summed E-state index contributed by atoms with van der Waals surface area (Å²) in [6, 6.07) is 5.31. The number of benzene rings is 1. The number of hydrogen-bond donors (Lipinski definition) is 2. The summed E-state index contributed by atoms with van der Waals surface area (Å²) in [6.45, 7) is 0. The van der Waals surface area contributed by atoms with Gasteiger partial charge >= 0.3 is 5.69 Å². The van der Waals surface area contributed by atoms with Crippen molar-refractivity contribution in [2.24, 2.45) is 0 Å². The van der Waals surface area contributed by atoms with E-state index in [0.29, 0.717) is 16.7 Å². The number of fused-ring (bicyclic) bond motifs is 1. The number of nitrogens with one attached hydrogen (secondary N) is 1. The van der Waals surface area contributed by atoms with Crippen LogP contribution >= 0.6 is 0 Å². The summed E-state index contributed by atoms with van der Waals surface area (Å²) in [5.41, 5.74) is 5.70. The minimum atomic E-state index is -0.473. The Morgan fingerprint density at radius 1 is 1.50 bits per heavy atom. The second-order valence-corrected chi connectivity index (χ2v) is 2.81. The molecule has 2 rings (SSSR count). The molecule has 1 aromatic carbocycles. The highest BCUT2D eigenvalue weighted by Gasteiger charge is 2.05. The summed E-state index contributed by atoms with van der Waals surface area (Å²) < 4.78 is 5.08. The third kappa shape index (κ3) is 1.19. The van der Waals surface area contributed by atoms with Crippen LogP contribution in [0.4, 0.5) is 5.82 Å². The van der Waals surface area contributed by atoms with Gasteiger partial charge in [0.1, 0.15) is 11.6 Å². The molecule has 1 heterocycles. The Morgan fingerprint density at radius 2 is 2.29 bits per heavy atom. The molecular formula is C9H9N3O2. The van der Waals surface area contributed by atoms with E-state index in [1.165, 1.54) is 7.11 Å². The lowest BCUT2D eigenvalue weighted by Crippen LogP contribution is -2.13. The number of rotatable bonds is 1. The summed E-state index contributed by atoms with van der Waals surface area (Å²) in [5, 5.41) is 0.684. The summed E-state index contributed by atoms with van der Waals surface area (Å²) in [4.78, 5) is 17.2. The highest BCUT2D eigenvalue weighted by Crippen LogP contribution is 2.24. The molecule has 0 spiro atoms. The number of nitrogens with two attached hydrogens (primary N) is 1. The first-order chi connectivity index (χ1) is 6.72. The first kappa shape index (κ1) is 8.55. The Hall–Kier alpha value is -2.04. The fraction of sp³-hybridized carbons (Fsp3) is 0.111. The van der Waals surface area contributed by atoms with Gasteiger partial charge in [0.05, 0.1) is 12.6 Å². The first-order valence-corrected chi connectivity index (χ1v) is 4.05. The van der Waals surface area contributed by atoms with Crippen molar-refractivity contribution < 1.29 is 4.74 Å². The van der Waals surface area contributed by atoms with Crippen LogP contribution in [0.2, 0.25) is 0 Å². The maximum atomic E-state index is 11.1. The average Bonchev–Trinajstić information content (AvgIpc) is 2.17. The van der Waals surface area contributed by atoms with Gasteiger partial charge in [0.2, 0.25) is 0 Å². The van der Waals surface area contributed by atoms with Gasteiger partial charge in [0, 0.05) is 5.39 Å². The van der Waals surface area contributed by atoms with E-state index < -0.39 is 5.69 Å². The summed E-state index contributed by atoms with van der Waals surface area (Å²) in [6.07, 6.45) is 0. The minimum absolute atomic E-state index is 0.211. The van der Waals surface area contributed by atoms with E-state index in [2.05, 4.69) is 9.97 Å². The van der Waals surface area contributed by atoms with Gasteiger partial charge in [0.15, 0.2) is 0 Å². The third-order valence-electron chi connectivity index (χ3n) is 1.98. The van der Waals surface area contributed by atoms with Crippen molar-refractivity contribution in [3.05, 3.63) is 28.7 Å². The van der Waals surface area contributed by atoms with Crippen LogP contribution in [0, 0.1) is 0 Å². The summed E-state index contributed by atoms with van der Waals surface area (Å²) in [5.74, 6) is 0.788. The zero-order chi connectivity index (χ0) is 10.1. The van der Waals surface area contributed by atoms with Gasteiger partial charge in [0.25, 0.3) is 0 Å². The van der Waals surface area contributed by atoms with E-state index in [0.717, 1.165) is 0 Å². The van der Waals surface area contributed by atoms with Crippen molar-refractivity contribution in [2.45, 2.75) is 0 Å². The molecule has 0 aliphatic heterocycles. The number of nitrogen functional groups attached to an aromatic ring is 1. The average molecular weight is 191 g/mol. The van der Waals surface area contributed by atoms with Crippen LogP contribution < -0.4 is 16.2 Å². The Labute approximate surface area is 79.5 Å². The fourth-order valence-electron chi connectivity index (χ4n) is 1.35. The number of H-pyrrole nitrogens is 1. The molecular weight excluding hydrogens is 182 g/mol. The predicted octanol–water partition coefficient (Wildman–Crippen LogP) is 0.514. The zero-order valence-electron chi connectivity index (χ0n) is 7.57. The highest BCUT2D eigenvalue weighted by atomic mass is 16.5. The van der Waals surface area contributed by atoms with Crippen molar-refractivity contribution >= 4 is 16.7 Å². The number of aromatic amines is 1. The van der Waals surface area contributed by atoms with Crippen LogP contribution in [0.3, 0.4) is 0 Å². The van der Waals surface area contributed by atoms with Gasteiger partial charge in [-0.2, -0.15) is 4.98 Å². The Morgan fingerprint density at radius 3 is 3.00 bits per heavy atom. The largest absolute Gasteiger partial charge is 0.495 e. The minimum Gasteiger partial charge on any atom is -0.495 e. The van der Waals surface area contributed by atoms with Crippen LogP contribution in [0.25, 0.3) is 10.9 Å². The molecule has 72 valence electrons. The molecule has 0 amide bonds. The van der Waals surface area contributed by atoms with Crippen molar-refractivity contribution in [1.82, 2.24) is 9.97 Å². The zero-order valence-corrected chi connectivity index (χ0v) is 7.57. The van der Waals surface area contributed by atoms with Crippen molar-refractivity contribution in [3.8, 4) is 5.75 Å². The van der Waals surface area contributed by atoms with Gasteiger partial charge in [-0.1, -0.05) is 6.07 Å². The van der Waals surface area contributed by atoms with E-state index in [-0.39, 0.29) is 5.82 Å². The lowest BCUT2D eigenvalue weighted by molar-refractivity contribution is 0.418. The highest BCUT2D eigenvalue weighted by molar-refractivity contribution is 5.91. The van der Waals surface area contributed by atoms with E-state index in [1.807, 2.05) is 0 Å². The summed E-state index contributed by atoms with van der Waals surface area (Å²) >= 11 is 0. The number of anilines is 1. The molecule has 0 unspecified atom stereocenters. The number of methoxy groups -OCH3 is 1. The second kappa shape index (κ2) is 3.02. The van der Waals surface area contributed by atoms with E-state index in [4.69, 9.17) is 10.5 Å². The van der Waals surface area contributed by atoms with Crippen LogP contribution in [-0.2, 0) is 0 Å². The van der Waals surface area contributed by atoms with Gasteiger partial charge in [-0.05, 0) is 12.1 Å². The molecule has 0 atom stereocenters. The number of nitrogens with zero attached hydrogens (tertiary/aromatic N) is 1. The van der Waals surface area contributed by atoms with Crippen LogP contribution in [0.1, 0.15) is 0 Å². The molecule has 0 bridgehead atoms. The lowest BCUT2D eigenvalue weighted by atomic mass is 10.2. The molecule has 2 aromatic rings. The monoisotopic (exact) mass is 191 g/mol. The molecule has 0 saturated carbocycles. The number of para-hydroxylation sites is 1. The molecule has 0 radical (unpaired) electrons. The van der Waals surface area contributed by atoms with E-state index >= 15 is 0 Å². The lowest BCUT2D eigenvalue weighted by Gasteiger charge is -2.05. The fourth-order valence-corrected chi connectivity index (χ4v) is 1.35. The molecule has 14 heavy (non-hydrogen) atoms. The standard InChI is InChI=1S/C9H9N3O2/c1-14-6-4-2-3-5-7(6)11-9(13)12-8(5)10/h2-4H,1H3,(H3,10,11,12,13). The normalized spacial score (nSPS) is 10.4. The summed E-state index contributed by atoms with van der Waals surface area (Å²) in [7, 11) is 1.53. The number of ether oxygens (including phenoxy) is 1. The molecule has 5 nitrogen and oxygen atoms in total. The van der Waals surface area contributed by atoms with Crippen molar-refractivity contribution in [1.29, 1.82) is 0 Å². The van der Waals surface area contributed by atoms with Crippen LogP contribution in [-0.4, -0.2) is 17.1 Å². The van der Waals surface area contributed by atoms with Gasteiger partial charge in [-0.15, -0.1) is 0 Å². The topological polar surface area (TPSA) is 81.0 Å². The molecule has 5 heteroatoms. The first-order valence-electron chi connectivity index (χ1n) is 4.05. The molecule has 3 N–H and O–H groups in total. The van der Waals surface area contributed by atoms with Crippen molar-refractivity contribution in [2.75, 3.05) is 12.8 Å². The predicted molar refractivity (Wildman–Crippen MR) is 53.3 cm³/mol. The number of hydrogen-bond acceptors (Lipinski definition) is 4. The molecule has 1 aromatic heterocycles. The second-order valence-electron chi connectivity index (χ2n) is 2.81. The van der Waals surface area contributed by atoms with Crippen molar-refractivity contribution in [3.63, 3.8) is 0 Å². The van der Waals surface area contributed by atoms with Gasteiger partial charge in [-0.25, -0.2) is 4.79 Å². The quantitative estimate of drug-likeness (QED) is 0.688. The Bertz CT molecular complexity index is 533. The maximum Gasteiger partial charge on any atom is 0.347 e. The Kier molecular flexibility index (Phi) is 1.85. The third-order valence-corrected chi connectivity index (χ3v) is 1.98. The molecule has 0 saturated heterocycles. The molecule has 0 fully saturated rings. The smallest absolute Gasteiger partial charge is 0.347 e. The Balaban J connectivity index is 2.93. The molecule has 0 aliphatic carbocycles. The van der Waals surface area contributed by atoms with Gasteiger partial charge < -0.3 is 15.5 Å². The van der Waals surface area contributed by atoms with Crippen LogP contribution in [0.15, 0.2) is 23.0 Å². The van der Waals surface area contributed by atoms with Gasteiger partial charge in [-0.3, -0.25) is 0 Å². The molecule has 0 aliphatic rings. The maximum absolute atomic E-state index is 11.1. The SMILES string of the molecule is COc1cccc2c(N)nc(=O)[nH]c12.